The van der Waals surface area contributed by atoms with Crippen LogP contribution in [0.4, 0.5) is 0 Å². The number of hydrogen-bond acceptors (Lipinski definition) is 2. The second-order valence-corrected chi connectivity index (χ2v) is 8.70. The van der Waals surface area contributed by atoms with Crippen molar-refractivity contribution in [2.75, 3.05) is 6.54 Å². The van der Waals surface area contributed by atoms with E-state index in [1.807, 2.05) is 0 Å². The van der Waals surface area contributed by atoms with Gasteiger partial charge in [-0.1, -0.05) is 54.6 Å². The summed E-state index contributed by atoms with van der Waals surface area (Å²) in [7, 11) is 2.07. The Balaban J connectivity index is 1.63. The van der Waals surface area contributed by atoms with Gasteiger partial charge in [0, 0.05) is 11.3 Å². The highest BCUT2D eigenvalue weighted by Gasteiger charge is 2.17. The number of fused-ring (bicyclic) bond motifs is 2. The van der Waals surface area contributed by atoms with Crippen molar-refractivity contribution in [1.82, 2.24) is 4.48 Å². The molecule has 0 radical (unpaired) electrons. The maximum atomic E-state index is 5.96. The highest BCUT2D eigenvalue weighted by Crippen LogP contribution is 2.34. The average molecular weight is 429 g/mol. The SMILES string of the molecule is Bn1cccc1/C(CCN)=C1N=C(/C=C/c2c3ccccc3c(C)c3ccccc23)C=C\1C. The van der Waals surface area contributed by atoms with Gasteiger partial charge in [0.25, 0.3) is 0 Å². The maximum Gasteiger partial charge on any atom is 0.223 e. The Labute approximate surface area is 196 Å². The van der Waals surface area contributed by atoms with E-state index in [1.54, 1.807) is 0 Å². The zero-order valence-corrected chi connectivity index (χ0v) is 19.5. The van der Waals surface area contributed by atoms with Crippen LogP contribution >= 0.6 is 0 Å². The van der Waals surface area contributed by atoms with Crippen molar-refractivity contribution in [3.63, 3.8) is 0 Å². The second-order valence-electron chi connectivity index (χ2n) is 8.70. The summed E-state index contributed by atoms with van der Waals surface area (Å²) in [5, 5.41) is 5.14. The predicted molar refractivity (Wildman–Crippen MR) is 145 cm³/mol. The molecule has 4 heteroatoms. The van der Waals surface area contributed by atoms with E-state index in [9.17, 15) is 0 Å². The molecule has 2 heterocycles. The minimum Gasteiger partial charge on any atom is -0.399 e. The van der Waals surface area contributed by atoms with Gasteiger partial charge in [-0.15, -0.1) is 0 Å². The molecule has 3 nitrogen and oxygen atoms in total. The molecule has 2 N–H and O–H groups in total. The molecule has 0 fully saturated rings. The summed E-state index contributed by atoms with van der Waals surface area (Å²) >= 11 is 0. The number of rotatable bonds is 5. The zero-order chi connectivity index (χ0) is 22.9. The highest BCUT2D eigenvalue weighted by molar-refractivity contribution is 6.15. The Hall–Kier alpha value is -3.63. The summed E-state index contributed by atoms with van der Waals surface area (Å²) in [5.74, 6) is 0. The second kappa shape index (κ2) is 8.72. The van der Waals surface area contributed by atoms with Crippen LogP contribution in [0.2, 0.25) is 0 Å². The maximum absolute atomic E-state index is 5.96. The first-order chi connectivity index (χ1) is 16.1. The molecule has 1 aromatic heterocycles. The van der Waals surface area contributed by atoms with Crippen LogP contribution in [0.5, 0.6) is 0 Å². The highest BCUT2D eigenvalue weighted by atomic mass is 14.9. The van der Waals surface area contributed by atoms with E-state index >= 15 is 0 Å². The standard InChI is InChI=1S/C29H28BN3/c1-19-18-21(32-29(19)27(15-16-31)28-12-7-17-33(28)30)13-14-26-24-10-5-3-8-22(24)20(2)23-9-4-6-11-25(23)26/h3-14,17-18H,15-16,30-31H2,1-2H3/b14-13+,29-27-. The van der Waals surface area contributed by atoms with E-state index in [0.29, 0.717) is 6.54 Å². The summed E-state index contributed by atoms with van der Waals surface area (Å²) in [6, 6.07) is 21.5. The minimum absolute atomic E-state index is 0.597. The number of aryl methyl sites for hydroxylation is 1. The lowest BCUT2D eigenvalue weighted by Gasteiger charge is -2.12. The van der Waals surface area contributed by atoms with Crippen molar-refractivity contribution in [3.05, 3.63) is 107 Å². The van der Waals surface area contributed by atoms with Crippen LogP contribution in [-0.4, -0.2) is 24.7 Å². The summed E-state index contributed by atoms with van der Waals surface area (Å²) in [5.41, 5.74) is 14.1. The molecule has 3 aromatic carbocycles. The Morgan fingerprint density at radius 1 is 0.909 bits per heavy atom. The van der Waals surface area contributed by atoms with Gasteiger partial charge >= 0.3 is 0 Å². The van der Waals surface area contributed by atoms with Crippen LogP contribution in [0.25, 0.3) is 33.2 Å². The van der Waals surface area contributed by atoms with Gasteiger partial charge in [-0.2, -0.15) is 0 Å². The summed E-state index contributed by atoms with van der Waals surface area (Å²) in [6.07, 6.45) is 9.40. The van der Waals surface area contributed by atoms with Crippen LogP contribution in [-0.2, 0) is 0 Å². The number of aromatic nitrogens is 1. The lowest BCUT2D eigenvalue weighted by molar-refractivity contribution is 0.997. The first-order valence-corrected chi connectivity index (χ1v) is 11.5. The fourth-order valence-electron chi connectivity index (χ4n) is 4.95. The lowest BCUT2D eigenvalue weighted by Crippen LogP contribution is -2.05. The van der Waals surface area contributed by atoms with Gasteiger partial charge < -0.3 is 10.2 Å². The molecular weight excluding hydrogens is 401 g/mol. The molecule has 162 valence electrons. The van der Waals surface area contributed by atoms with Gasteiger partial charge in [0.2, 0.25) is 7.98 Å². The number of hydrogen-bond donors (Lipinski definition) is 1. The van der Waals surface area contributed by atoms with Crippen LogP contribution in [0.15, 0.2) is 95.3 Å². The van der Waals surface area contributed by atoms with E-state index in [2.05, 4.69) is 111 Å². The van der Waals surface area contributed by atoms with Crippen molar-refractivity contribution >= 4 is 46.9 Å². The topological polar surface area (TPSA) is 43.3 Å². The lowest BCUT2D eigenvalue weighted by atomic mass is 9.92. The molecule has 0 saturated carbocycles. The number of nitrogens with two attached hydrogens (primary N) is 1. The van der Waals surface area contributed by atoms with Crippen LogP contribution < -0.4 is 5.73 Å². The Kier molecular flexibility index (Phi) is 5.61. The summed E-state index contributed by atoms with van der Waals surface area (Å²) in [6.45, 7) is 4.94. The minimum atomic E-state index is 0.597. The first kappa shape index (κ1) is 21.2. The summed E-state index contributed by atoms with van der Waals surface area (Å²) in [4.78, 5) is 5.03. The quantitative estimate of drug-likeness (QED) is 0.322. The third-order valence-electron chi connectivity index (χ3n) is 6.58. The van der Waals surface area contributed by atoms with E-state index < -0.39 is 0 Å². The van der Waals surface area contributed by atoms with Gasteiger partial charge in [0.05, 0.1) is 11.4 Å². The molecule has 1 aliphatic rings. The van der Waals surface area contributed by atoms with E-state index in [1.165, 1.54) is 49.5 Å². The first-order valence-electron chi connectivity index (χ1n) is 11.5. The van der Waals surface area contributed by atoms with Crippen molar-refractivity contribution in [1.29, 1.82) is 0 Å². The number of benzene rings is 3. The molecular formula is C29H28BN3. The monoisotopic (exact) mass is 429 g/mol. The van der Waals surface area contributed by atoms with Crippen LogP contribution in [0, 0.1) is 6.92 Å². The fraction of sp³-hybridized carbons (Fsp3) is 0.138. The molecule has 33 heavy (non-hydrogen) atoms. The third-order valence-corrected chi connectivity index (χ3v) is 6.58. The van der Waals surface area contributed by atoms with Gasteiger partial charge in [0.15, 0.2) is 0 Å². The molecule has 0 bridgehead atoms. The number of aliphatic imine (C=N–C) groups is 1. The summed E-state index contributed by atoms with van der Waals surface area (Å²) < 4.78 is 2.14. The van der Waals surface area contributed by atoms with E-state index in [0.717, 1.165) is 17.8 Å². The van der Waals surface area contributed by atoms with Crippen molar-refractivity contribution < 1.29 is 0 Å². The fourth-order valence-corrected chi connectivity index (χ4v) is 4.95. The van der Waals surface area contributed by atoms with Crippen molar-refractivity contribution in [2.45, 2.75) is 20.3 Å². The Morgan fingerprint density at radius 2 is 1.55 bits per heavy atom. The predicted octanol–water partition coefficient (Wildman–Crippen LogP) is 5.67. The van der Waals surface area contributed by atoms with Crippen LogP contribution in [0.1, 0.15) is 30.2 Å². The van der Waals surface area contributed by atoms with Gasteiger partial charge in [-0.3, -0.25) is 0 Å². The molecule has 0 atom stereocenters. The number of allylic oxidation sites excluding steroid dienone is 3. The molecule has 0 aliphatic carbocycles. The molecule has 5 rings (SSSR count). The molecule has 1 aliphatic heterocycles. The Morgan fingerprint density at radius 3 is 2.12 bits per heavy atom. The largest absolute Gasteiger partial charge is 0.399 e. The Bertz CT molecular complexity index is 1440. The average Bonchev–Trinajstić information content (AvgIpc) is 3.42. The van der Waals surface area contributed by atoms with Gasteiger partial charge in [-0.05, 0) is 95.5 Å². The molecule has 0 spiro atoms. The number of nitrogens with zero attached hydrogens (tertiary/aromatic N) is 2. The van der Waals surface area contributed by atoms with Crippen molar-refractivity contribution in [2.24, 2.45) is 10.7 Å². The molecule has 0 unspecified atom stereocenters. The molecule has 4 aromatic rings. The third kappa shape index (κ3) is 3.77. The van der Waals surface area contributed by atoms with Gasteiger partial charge in [-0.25, -0.2) is 4.99 Å². The van der Waals surface area contributed by atoms with Gasteiger partial charge in [0.1, 0.15) is 0 Å². The normalized spacial score (nSPS) is 15.5. The van der Waals surface area contributed by atoms with E-state index in [-0.39, 0.29) is 0 Å². The molecule has 0 amide bonds. The van der Waals surface area contributed by atoms with Crippen LogP contribution in [0.3, 0.4) is 0 Å². The van der Waals surface area contributed by atoms with E-state index in [4.69, 9.17) is 10.7 Å². The molecule has 0 saturated heterocycles. The zero-order valence-electron chi connectivity index (χ0n) is 19.5. The van der Waals surface area contributed by atoms with Crippen molar-refractivity contribution in [3.8, 4) is 0 Å². The smallest absolute Gasteiger partial charge is 0.223 e.